The van der Waals surface area contributed by atoms with E-state index in [2.05, 4.69) is 21.7 Å². The summed E-state index contributed by atoms with van der Waals surface area (Å²) in [5.74, 6) is 0.874. The van der Waals surface area contributed by atoms with Crippen LogP contribution in [0.4, 0.5) is 0 Å². The molecule has 80 valence electrons. The standard InChI is InChI=1S/C7H17O4PS/c1-10-12(8,9)11-6-4-2-3-5-7-13/h13H,2-7H2,1H3,(H,8,9)/p-1. The van der Waals surface area contributed by atoms with Crippen molar-refractivity contribution >= 4 is 20.5 Å². The van der Waals surface area contributed by atoms with Crippen molar-refractivity contribution in [1.82, 2.24) is 0 Å². The molecule has 0 rings (SSSR count). The summed E-state index contributed by atoms with van der Waals surface area (Å²) in [7, 11) is -2.90. The van der Waals surface area contributed by atoms with Gasteiger partial charge in [-0.25, -0.2) is 0 Å². The lowest BCUT2D eigenvalue weighted by atomic mass is 10.2. The molecule has 0 saturated carbocycles. The van der Waals surface area contributed by atoms with Crippen LogP contribution in [0.3, 0.4) is 0 Å². The second-order valence-corrected chi connectivity index (χ2v) is 4.57. The molecule has 1 atom stereocenters. The van der Waals surface area contributed by atoms with E-state index >= 15 is 0 Å². The molecule has 13 heavy (non-hydrogen) atoms. The Hall–Kier alpha value is 0.460. The fourth-order valence-electron chi connectivity index (χ4n) is 0.796. The van der Waals surface area contributed by atoms with Crippen LogP contribution in [-0.2, 0) is 13.6 Å². The summed E-state index contributed by atoms with van der Waals surface area (Å²) < 4.78 is 19.3. The molecule has 4 nitrogen and oxygen atoms in total. The highest BCUT2D eigenvalue weighted by Gasteiger charge is 2.04. The zero-order valence-corrected chi connectivity index (χ0v) is 9.56. The smallest absolute Gasteiger partial charge is 0.267 e. The summed E-state index contributed by atoms with van der Waals surface area (Å²) in [4.78, 5) is 10.7. The Labute approximate surface area is 84.7 Å². The molecule has 0 N–H and O–H groups in total. The number of thiol groups is 1. The van der Waals surface area contributed by atoms with E-state index in [4.69, 9.17) is 0 Å². The Morgan fingerprint density at radius 2 is 1.92 bits per heavy atom. The first-order valence-electron chi connectivity index (χ1n) is 4.24. The van der Waals surface area contributed by atoms with Gasteiger partial charge in [0.05, 0.1) is 6.61 Å². The minimum absolute atomic E-state index is 0.210. The van der Waals surface area contributed by atoms with Gasteiger partial charge < -0.3 is 13.9 Å². The van der Waals surface area contributed by atoms with Gasteiger partial charge in [-0.15, -0.1) is 0 Å². The van der Waals surface area contributed by atoms with Crippen LogP contribution < -0.4 is 4.89 Å². The molecule has 6 heteroatoms. The Morgan fingerprint density at radius 1 is 1.31 bits per heavy atom. The van der Waals surface area contributed by atoms with Crippen LogP contribution in [0.15, 0.2) is 0 Å². The second-order valence-electron chi connectivity index (χ2n) is 2.60. The van der Waals surface area contributed by atoms with E-state index in [0.717, 1.165) is 38.5 Å². The molecule has 0 fully saturated rings. The third kappa shape index (κ3) is 8.78. The fraction of sp³-hybridized carbons (Fsp3) is 1.00. The summed E-state index contributed by atoms with van der Waals surface area (Å²) >= 11 is 4.06. The molecule has 0 bridgehead atoms. The molecular weight excluding hydrogens is 211 g/mol. The highest BCUT2D eigenvalue weighted by Crippen LogP contribution is 2.36. The SMILES string of the molecule is COP(=O)([O-])OCCCCCCS. The maximum Gasteiger partial charge on any atom is 0.267 e. The first-order valence-corrected chi connectivity index (χ1v) is 6.34. The molecule has 0 aliphatic rings. The Kier molecular flexibility index (Phi) is 8.10. The van der Waals surface area contributed by atoms with Gasteiger partial charge in [0, 0.05) is 7.11 Å². The van der Waals surface area contributed by atoms with Gasteiger partial charge >= 0.3 is 0 Å². The molecule has 0 aliphatic carbocycles. The molecule has 0 aromatic rings. The van der Waals surface area contributed by atoms with Gasteiger partial charge in [-0.05, 0) is 18.6 Å². The van der Waals surface area contributed by atoms with Crippen LogP contribution in [0.25, 0.3) is 0 Å². The van der Waals surface area contributed by atoms with Gasteiger partial charge in [-0.1, -0.05) is 12.8 Å². The molecule has 1 unspecified atom stereocenters. The average molecular weight is 227 g/mol. The topological polar surface area (TPSA) is 58.6 Å². The summed E-state index contributed by atoms with van der Waals surface area (Å²) in [5.41, 5.74) is 0. The first-order chi connectivity index (χ1) is 6.12. The van der Waals surface area contributed by atoms with Crippen molar-refractivity contribution < 1.29 is 18.5 Å². The number of rotatable bonds is 8. The van der Waals surface area contributed by atoms with Crippen LogP contribution in [0.5, 0.6) is 0 Å². The van der Waals surface area contributed by atoms with Crippen LogP contribution in [0.2, 0.25) is 0 Å². The summed E-state index contributed by atoms with van der Waals surface area (Å²) in [5, 5.41) is 0. The Morgan fingerprint density at radius 3 is 2.46 bits per heavy atom. The zero-order valence-electron chi connectivity index (χ0n) is 7.77. The third-order valence-corrected chi connectivity index (χ3v) is 2.79. The molecule has 0 radical (unpaired) electrons. The molecule has 0 amide bonds. The third-order valence-electron chi connectivity index (χ3n) is 1.53. The lowest BCUT2D eigenvalue weighted by Gasteiger charge is -2.19. The number of phosphoric ester groups is 1. The van der Waals surface area contributed by atoms with Gasteiger partial charge in [0.15, 0.2) is 0 Å². The highest BCUT2D eigenvalue weighted by molar-refractivity contribution is 7.80. The Bertz CT molecular complexity index is 165. The van der Waals surface area contributed by atoms with Crippen molar-refractivity contribution in [2.24, 2.45) is 0 Å². The van der Waals surface area contributed by atoms with E-state index in [0.29, 0.717) is 0 Å². The number of hydrogen-bond donors (Lipinski definition) is 1. The summed E-state index contributed by atoms with van der Waals surface area (Å²) in [6.45, 7) is 0.210. The van der Waals surface area contributed by atoms with Crippen molar-refractivity contribution in [1.29, 1.82) is 0 Å². The lowest BCUT2D eigenvalue weighted by Crippen LogP contribution is -2.06. The maximum absolute atomic E-state index is 10.7. The van der Waals surface area contributed by atoms with E-state index in [1.165, 1.54) is 0 Å². The van der Waals surface area contributed by atoms with Crippen LogP contribution in [-0.4, -0.2) is 19.5 Å². The number of phosphoric acid groups is 1. The van der Waals surface area contributed by atoms with Gasteiger partial charge in [0.1, 0.15) is 0 Å². The maximum atomic E-state index is 10.7. The predicted octanol–water partition coefficient (Wildman–Crippen LogP) is 1.61. The van der Waals surface area contributed by atoms with E-state index in [1.807, 2.05) is 0 Å². The quantitative estimate of drug-likeness (QED) is 0.389. The van der Waals surface area contributed by atoms with Crippen molar-refractivity contribution in [2.75, 3.05) is 19.5 Å². The summed E-state index contributed by atoms with van der Waals surface area (Å²) in [6, 6.07) is 0. The van der Waals surface area contributed by atoms with E-state index < -0.39 is 7.82 Å². The molecular formula is C7H16O4PS-. The van der Waals surface area contributed by atoms with Gasteiger partial charge in [-0.3, -0.25) is 4.57 Å². The predicted molar refractivity (Wildman–Crippen MR) is 52.9 cm³/mol. The van der Waals surface area contributed by atoms with Crippen molar-refractivity contribution in [3.8, 4) is 0 Å². The fourth-order valence-corrected chi connectivity index (χ4v) is 1.48. The second kappa shape index (κ2) is 7.83. The van der Waals surface area contributed by atoms with Crippen LogP contribution in [0.1, 0.15) is 25.7 Å². The molecule has 0 aromatic heterocycles. The first kappa shape index (κ1) is 13.5. The highest BCUT2D eigenvalue weighted by atomic mass is 32.1. The minimum Gasteiger partial charge on any atom is -0.756 e. The zero-order chi connectivity index (χ0) is 10.2. The summed E-state index contributed by atoms with van der Waals surface area (Å²) in [6.07, 6.45) is 3.82. The molecule has 0 saturated heterocycles. The van der Waals surface area contributed by atoms with Crippen LogP contribution in [0, 0.1) is 0 Å². The van der Waals surface area contributed by atoms with Gasteiger partial charge in [-0.2, -0.15) is 12.6 Å². The van der Waals surface area contributed by atoms with Gasteiger partial charge in [0.2, 0.25) is 0 Å². The average Bonchev–Trinajstić information content (AvgIpc) is 2.11. The van der Waals surface area contributed by atoms with Gasteiger partial charge in [0.25, 0.3) is 7.82 Å². The minimum atomic E-state index is -3.99. The Balaban J connectivity index is 3.21. The molecule has 0 heterocycles. The molecule has 0 spiro atoms. The van der Waals surface area contributed by atoms with Crippen molar-refractivity contribution in [3.63, 3.8) is 0 Å². The van der Waals surface area contributed by atoms with E-state index in [1.54, 1.807) is 0 Å². The monoisotopic (exact) mass is 227 g/mol. The lowest BCUT2D eigenvalue weighted by molar-refractivity contribution is -0.223. The van der Waals surface area contributed by atoms with Crippen molar-refractivity contribution in [3.05, 3.63) is 0 Å². The van der Waals surface area contributed by atoms with E-state index in [9.17, 15) is 9.46 Å². The van der Waals surface area contributed by atoms with E-state index in [-0.39, 0.29) is 6.61 Å². The molecule has 0 aliphatic heterocycles. The largest absolute Gasteiger partial charge is 0.756 e. The number of unbranched alkanes of at least 4 members (excludes halogenated alkanes) is 3. The number of hydrogen-bond acceptors (Lipinski definition) is 5. The normalized spacial score (nSPS) is 15.6. The molecule has 0 aromatic carbocycles. The van der Waals surface area contributed by atoms with Crippen molar-refractivity contribution in [2.45, 2.75) is 25.7 Å². The van der Waals surface area contributed by atoms with Crippen LogP contribution >= 0.6 is 20.5 Å².